The highest BCUT2D eigenvalue weighted by Gasteiger charge is 2.05. The van der Waals surface area contributed by atoms with Crippen molar-refractivity contribution in [3.05, 3.63) is 63.1 Å². The molecule has 2 aromatic rings. The molecule has 2 aromatic carbocycles. The standard InChI is InChI=1S/C17H14Cl2N2OS/c18-15-7-14(17(22)16(19)8-15)10-21-5-6-23-11-13-4-2-1-3-12(13)9-20/h1-4,7-8,10,22H,5-6,11H2. The molecule has 1 N–H and O–H groups in total. The minimum atomic E-state index is -0.0181. The third-order valence-corrected chi connectivity index (χ3v) is 4.54. The topological polar surface area (TPSA) is 56.4 Å². The monoisotopic (exact) mass is 364 g/mol. The van der Waals surface area contributed by atoms with E-state index < -0.39 is 0 Å². The summed E-state index contributed by atoms with van der Waals surface area (Å²) in [6.45, 7) is 0.600. The number of rotatable bonds is 6. The van der Waals surface area contributed by atoms with Crippen LogP contribution in [-0.2, 0) is 5.75 Å². The molecule has 0 aliphatic heterocycles. The Balaban J connectivity index is 1.83. The lowest BCUT2D eigenvalue weighted by Crippen LogP contribution is -1.92. The molecule has 118 valence electrons. The van der Waals surface area contributed by atoms with Crippen LogP contribution in [0.25, 0.3) is 0 Å². The fourth-order valence-electron chi connectivity index (χ4n) is 1.90. The SMILES string of the molecule is N#Cc1ccccc1CSCCN=Cc1cc(Cl)cc(Cl)c1O. The molecular weight excluding hydrogens is 351 g/mol. The molecule has 0 spiro atoms. The van der Waals surface area contributed by atoms with E-state index in [1.54, 1.807) is 24.0 Å². The molecule has 0 aromatic heterocycles. The van der Waals surface area contributed by atoms with Crippen molar-refractivity contribution in [3.63, 3.8) is 0 Å². The maximum Gasteiger partial charge on any atom is 0.143 e. The van der Waals surface area contributed by atoms with Gasteiger partial charge in [0.2, 0.25) is 0 Å². The number of thioether (sulfide) groups is 1. The molecule has 0 heterocycles. The van der Waals surface area contributed by atoms with E-state index in [-0.39, 0.29) is 10.8 Å². The highest BCUT2D eigenvalue weighted by Crippen LogP contribution is 2.30. The lowest BCUT2D eigenvalue weighted by atomic mass is 10.1. The van der Waals surface area contributed by atoms with Gasteiger partial charge >= 0.3 is 0 Å². The average molecular weight is 365 g/mol. The average Bonchev–Trinajstić information content (AvgIpc) is 2.55. The number of phenols is 1. The van der Waals surface area contributed by atoms with Gasteiger partial charge < -0.3 is 5.11 Å². The van der Waals surface area contributed by atoms with Crippen molar-refractivity contribution in [2.75, 3.05) is 12.3 Å². The van der Waals surface area contributed by atoms with Crippen molar-refractivity contribution in [3.8, 4) is 11.8 Å². The van der Waals surface area contributed by atoms with Gasteiger partial charge in [0.1, 0.15) is 5.75 Å². The Bertz CT molecular complexity index is 757. The fourth-order valence-corrected chi connectivity index (χ4v) is 3.26. The van der Waals surface area contributed by atoms with Gasteiger partial charge in [-0.1, -0.05) is 41.4 Å². The maximum absolute atomic E-state index is 9.81. The number of hydrogen-bond donors (Lipinski definition) is 1. The van der Waals surface area contributed by atoms with Crippen LogP contribution >= 0.6 is 35.0 Å². The summed E-state index contributed by atoms with van der Waals surface area (Å²) in [5, 5.41) is 19.5. The number of hydrogen-bond acceptors (Lipinski definition) is 4. The number of halogens is 2. The smallest absolute Gasteiger partial charge is 0.143 e. The number of aromatic hydroxyl groups is 1. The largest absolute Gasteiger partial charge is 0.506 e. The van der Waals surface area contributed by atoms with E-state index in [2.05, 4.69) is 11.1 Å². The lowest BCUT2D eigenvalue weighted by Gasteiger charge is -2.03. The zero-order valence-corrected chi connectivity index (χ0v) is 14.5. The molecular formula is C17H14Cl2N2OS. The van der Waals surface area contributed by atoms with E-state index in [1.807, 2.05) is 24.3 Å². The molecule has 0 aliphatic rings. The molecule has 0 saturated heterocycles. The third-order valence-electron chi connectivity index (χ3n) is 3.05. The van der Waals surface area contributed by atoms with Crippen LogP contribution in [0, 0.1) is 11.3 Å². The van der Waals surface area contributed by atoms with Crippen molar-refractivity contribution in [2.45, 2.75) is 5.75 Å². The first-order chi connectivity index (χ1) is 11.1. The van der Waals surface area contributed by atoms with Crippen molar-refractivity contribution < 1.29 is 5.11 Å². The first-order valence-electron chi connectivity index (χ1n) is 6.85. The molecule has 0 saturated carbocycles. The van der Waals surface area contributed by atoms with Crippen LogP contribution in [0.4, 0.5) is 0 Å². The zero-order valence-electron chi connectivity index (χ0n) is 12.2. The Kier molecular flexibility index (Phi) is 6.79. The predicted molar refractivity (Wildman–Crippen MR) is 97.9 cm³/mol. The number of aliphatic imine (C=N–C) groups is 1. The summed E-state index contributed by atoms with van der Waals surface area (Å²) in [6, 6.07) is 12.9. The predicted octanol–water partition coefficient (Wildman–Crippen LogP) is 4.92. The fraction of sp³-hybridized carbons (Fsp3) is 0.176. The third kappa shape index (κ3) is 5.18. The minimum absolute atomic E-state index is 0.0181. The summed E-state index contributed by atoms with van der Waals surface area (Å²) < 4.78 is 0. The highest BCUT2D eigenvalue weighted by molar-refractivity contribution is 7.98. The van der Waals surface area contributed by atoms with Crippen LogP contribution in [0.1, 0.15) is 16.7 Å². The lowest BCUT2D eigenvalue weighted by molar-refractivity contribution is 0.475. The van der Waals surface area contributed by atoms with E-state index in [4.69, 9.17) is 28.5 Å². The van der Waals surface area contributed by atoms with Gasteiger partial charge in [-0.3, -0.25) is 4.99 Å². The van der Waals surface area contributed by atoms with Gasteiger partial charge in [-0.25, -0.2) is 0 Å². The molecule has 0 radical (unpaired) electrons. The van der Waals surface area contributed by atoms with E-state index in [0.29, 0.717) is 22.7 Å². The van der Waals surface area contributed by atoms with E-state index in [0.717, 1.165) is 17.1 Å². The van der Waals surface area contributed by atoms with E-state index in [1.165, 1.54) is 6.07 Å². The second kappa shape index (κ2) is 8.83. The van der Waals surface area contributed by atoms with E-state index >= 15 is 0 Å². The number of nitriles is 1. The van der Waals surface area contributed by atoms with Gasteiger partial charge in [0, 0.05) is 34.9 Å². The summed E-state index contributed by atoms with van der Waals surface area (Å²) in [5.74, 6) is 1.56. The van der Waals surface area contributed by atoms with Crippen LogP contribution < -0.4 is 0 Å². The Morgan fingerprint density at radius 3 is 2.83 bits per heavy atom. The minimum Gasteiger partial charge on any atom is -0.506 e. The quantitative estimate of drug-likeness (QED) is 0.584. The molecule has 0 amide bonds. The van der Waals surface area contributed by atoms with Gasteiger partial charge in [-0.05, 0) is 23.8 Å². The van der Waals surface area contributed by atoms with Gasteiger partial charge in [-0.15, -0.1) is 0 Å². The van der Waals surface area contributed by atoms with Crippen molar-refractivity contribution >= 4 is 41.2 Å². The van der Waals surface area contributed by atoms with Crippen LogP contribution in [0.2, 0.25) is 10.0 Å². The second-order valence-corrected chi connectivity index (χ2v) is 6.63. The number of nitrogens with zero attached hydrogens (tertiary/aromatic N) is 2. The number of phenolic OH excluding ortho intramolecular Hbond substituents is 1. The molecule has 6 heteroatoms. The second-order valence-electron chi connectivity index (χ2n) is 4.68. The zero-order chi connectivity index (χ0) is 16.7. The van der Waals surface area contributed by atoms with E-state index in [9.17, 15) is 5.11 Å². The van der Waals surface area contributed by atoms with Gasteiger partial charge in [0.15, 0.2) is 0 Å². The Hall–Kier alpha value is -1.67. The van der Waals surface area contributed by atoms with Crippen LogP contribution in [-0.4, -0.2) is 23.6 Å². The summed E-state index contributed by atoms with van der Waals surface area (Å²) in [5.41, 5.74) is 2.24. The first kappa shape index (κ1) is 17.7. The summed E-state index contributed by atoms with van der Waals surface area (Å²) in [6.07, 6.45) is 1.57. The first-order valence-corrected chi connectivity index (χ1v) is 8.76. The summed E-state index contributed by atoms with van der Waals surface area (Å²) >= 11 is 13.4. The Morgan fingerprint density at radius 1 is 1.26 bits per heavy atom. The van der Waals surface area contributed by atoms with Crippen LogP contribution in [0.3, 0.4) is 0 Å². The van der Waals surface area contributed by atoms with Gasteiger partial charge in [-0.2, -0.15) is 17.0 Å². The number of benzene rings is 2. The van der Waals surface area contributed by atoms with Gasteiger partial charge in [0.25, 0.3) is 0 Å². The van der Waals surface area contributed by atoms with Crippen LogP contribution in [0.5, 0.6) is 5.75 Å². The molecule has 0 atom stereocenters. The molecule has 0 unspecified atom stereocenters. The summed E-state index contributed by atoms with van der Waals surface area (Å²) in [7, 11) is 0. The van der Waals surface area contributed by atoms with Crippen molar-refractivity contribution in [1.29, 1.82) is 5.26 Å². The Morgan fingerprint density at radius 2 is 2.04 bits per heavy atom. The van der Waals surface area contributed by atoms with Crippen molar-refractivity contribution in [1.82, 2.24) is 0 Å². The van der Waals surface area contributed by atoms with Crippen molar-refractivity contribution in [2.24, 2.45) is 4.99 Å². The molecule has 0 bridgehead atoms. The molecule has 23 heavy (non-hydrogen) atoms. The maximum atomic E-state index is 9.81. The Labute approximate surface area is 149 Å². The van der Waals surface area contributed by atoms with Gasteiger partial charge in [0.05, 0.1) is 16.7 Å². The normalized spacial score (nSPS) is 10.8. The molecule has 0 aliphatic carbocycles. The molecule has 2 rings (SSSR count). The highest BCUT2D eigenvalue weighted by atomic mass is 35.5. The molecule has 0 fully saturated rings. The summed E-state index contributed by atoms with van der Waals surface area (Å²) in [4.78, 5) is 4.27. The molecule has 3 nitrogen and oxygen atoms in total. The van der Waals surface area contributed by atoms with Crippen LogP contribution in [0.15, 0.2) is 41.4 Å².